The Morgan fingerprint density at radius 2 is 2.05 bits per heavy atom. The first-order valence-electron chi connectivity index (χ1n) is 7.35. The monoisotopic (exact) mass is 301 g/mol. The van der Waals surface area contributed by atoms with E-state index in [0.717, 1.165) is 29.4 Å². The number of likely N-dealkylation sites (N-methyl/N-ethyl adjacent to an activating group) is 1. The first kappa shape index (κ1) is 14.4. The molecule has 110 valence electrons. The molecule has 1 aliphatic heterocycles. The van der Waals surface area contributed by atoms with Crippen molar-refractivity contribution in [3.63, 3.8) is 0 Å². The Labute approximate surface area is 131 Å². The zero-order valence-corrected chi connectivity index (χ0v) is 13.2. The van der Waals surface area contributed by atoms with Gasteiger partial charge < -0.3 is 10.1 Å². The second kappa shape index (κ2) is 6.08. The number of para-hydroxylation sites is 1. The molecule has 0 fully saturated rings. The Hall–Kier alpha value is -1.51. The van der Waals surface area contributed by atoms with Gasteiger partial charge in [0.05, 0.1) is 6.61 Å². The van der Waals surface area contributed by atoms with Gasteiger partial charge in [-0.25, -0.2) is 0 Å². The molecule has 2 unspecified atom stereocenters. The van der Waals surface area contributed by atoms with E-state index in [1.54, 1.807) is 0 Å². The normalized spacial score (nSPS) is 18.7. The van der Waals surface area contributed by atoms with Crippen LogP contribution in [0.15, 0.2) is 42.5 Å². The summed E-state index contributed by atoms with van der Waals surface area (Å²) in [4.78, 5) is 0. The van der Waals surface area contributed by atoms with Crippen molar-refractivity contribution >= 4 is 11.6 Å². The second-order valence-electron chi connectivity index (χ2n) is 5.56. The minimum Gasteiger partial charge on any atom is -0.493 e. The average Bonchev–Trinajstić information content (AvgIpc) is 2.52. The van der Waals surface area contributed by atoms with E-state index in [1.807, 2.05) is 20.0 Å². The molecule has 2 nitrogen and oxygen atoms in total. The fourth-order valence-corrected chi connectivity index (χ4v) is 3.31. The Bertz CT molecular complexity index is 641. The molecule has 1 N–H and O–H groups in total. The van der Waals surface area contributed by atoms with Crippen LogP contribution in [0.5, 0.6) is 5.75 Å². The van der Waals surface area contributed by atoms with Crippen molar-refractivity contribution in [2.75, 3.05) is 13.7 Å². The van der Waals surface area contributed by atoms with Gasteiger partial charge in [-0.2, -0.15) is 0 Å². The Morgan fingerprint density at radius 1 is 1.24 bits per heavy atom. The molecule has 1 aliphatic rings. The summed E-state index contributed by atoms with van der Waals surface area (Å²) in [5.74, 6) is 1.41. The number of benzene rings is 2. The molecular weight excluding hydrogens is 282 g/mol. The molecule has 0 saturated carbocycles. The average molecular weight is 302 g/mol. The van der Waals surface area contributed by atoms with Gasteiger partial charge in [-0.05, 0) is 49.2 Å². The largest absolute Gasteiger partial charge is 0.493 e. The van der Waals surface area contributed by atoms with E-state index in [2.05, 4.69) is 41.7 Å². The van der Waals surface area contributed by atoms with E-state index in [4.69, 9.17) is 16.3 Å². The number of rotatable bonds is 3. The molecule has 2 aromatic carbocycles. The van der Waals surface area contributed by atoms with Crippen molar-refractivity contribution < 1.29 is 4.74 Å². The number of halogens is 1. The van der Waals surface area contributed by atoms with Crippen molar-refractivity contribution in [1.29, 1.82) is 0 Å². The van der Waals surface area contributed by atoms with Gasteiger partial charge in [0.2, 0.25) is 0 Å². The van der Waals surface area contributed by atoms with Crippen LogP contribution >= 0.6 is 11.6 Å². The third-order valence-electron chi connectivity index (χ3n) is 4.27. The number of nitrogens with one attached hydrogen (secondary N) is 1. The maximum Gasteiger partial charge on any atom is 0.122 e. The number of hydrogen-bond acceptors (Lipinski definition) is 2. The van der Waals surface area contributed by atoms with Gasteiger partial charge in [0.1, 0.15) is 5.75 Å². The van der Waals surface area contributed by atoms with Crippen LogP contribution in [0.2, 0.25) is 5.02 Å². The quantitative estimate of drug-likeness (QED) is 0.903. The van der Waals surface area contributed by atoms with Crippen molar-refractivity contribution in [2.24, 2.45) is 0 Å². The van der Waals surface area contributed by atoms with E-state index >= 15 is 0 Å². The van der Waals surface area contributed by atoms with Gasteiger partial charge in [0.15, 0.2) is 0 Å². The van der Waals surface area contributed by atoms with Crippen LogP contribution < -0.4 is 10.1 Å². The fourth-order valence-electron chi connectivity index (χ4n) is 3.12. The Balaban J connectivity index is 1.99. The highest BCUT2D eigenvalue weighted by Crippen LogP contribution is 2.41. The van der Waals surface area contributed by atoms with Crippen molar-refractivity contribution in [1.82, 2.24) is 5.32 Å². The van der Waals surface area contributed by atoms with Gasteiger partial charge in [0, 0.05) is 17.0 Å². The zero-order valence-electron chi connectivity index (χ0n) is 12.4. The summed E-state index contributed by atoms with van der Waals surface area (Å²) in [7, 11) is 2.01. The van der Waals surface area contributed by atoms with Crippen LogP contribution in [0.1, 0.15) is 35.1 Å². The van der Waals surface area contributed by atoms with Crippen LogP contribution in [0, 0.1) is 6.92 Å². The predicted molar refractivity (Wildman–Crippen MR) is 87.3 cm³/mol. The smallest absolute Gasteiger partial charge is 0.122 e. The van der Waals surface area contributed by atoms with Crippen molar-refractivity contribution in [3.05, 3.63) is 64.2 Å². The standard InChI is InChI=1S/C18H20ClNO/c1-12-7-8-13(11-16(12)19)18(20-2)15-9-10-21-17-6-4-3-5-14(15)17/h3-8,11,15,18,20H,9-10H2,1-2H3. The van der Waals surface area contributed by atoms with Crippen LogP contribution in [0.3, 0.4) is 0 Å². The third-order valence-corrected chi connectivity index (χ3v) is 4.68. The molecule has 0 saturated heterocycles. The molecule has 0 amide bonds. The van der Waals surface area contributed by atoms with E-state index < -0.39 is 0 Å². The maximum atomic E-state index is 6.30. The van der Waals surface area contributed by atoms with E-state index in [9.17, 15) is 0 Å². The highest BCUT2D eigenvalue weighted by atomic mass is 35.5. The summed E-state index contributed by atoms with van der Waals surface area (Å²) in [5.41, 5.74) is 3.62. The number of ether oxygens (including phenoxy) is 1. The first-order chi connectivity index (χ1) is 10.2. The summed E-state index contributed by atoms with van der Waals surface area (Å²) in [6, 6.07) is 14.9. The summed E-state index contributed by atoms with van der Waals surface area (Å²) >= 11 is 6.30. The van der Waals surface area contributed by atoms with Crippen molar-refractivity contribution in [2.45, 2.75) is 25.3 Å². The molecular formula is C18H20ClNO. The lowest BCUT2D eigenvalue weighted by molar-refractivity contribution is 0.248. The molecule has 0 spiro atoms. The molecule has 0 aromatic heterocycles. The topological polar surface area (TPSA) is 21.3 Å². The highest BCUT2D eigenvalue weighted by Gasteiger charge is 2.29. The van der Waals surface area contributed by atoms with E-state index in [0.29, 0.717) is 5.92 Å². The third kappa shape index (κ3) is 2.78. The molecule has 2 atom stereocenters. The minimum atomic E-state index is 0.244. The molecule has 0 aliphatic carbocycles. The lowest BCUT2D eigenvalue weighted by atomic mass is 9.83. The molecule has 3 rings (SSSR count). The Kier molecular flexibility index (Phi) is 4.18. The van der Waals surface area contributed by atoms with Crippen LogP contribution in [-0.2, 0) is 0 Å². The zero-order chi connectivity index (χ0) is 14.8. The number of fused-ring (bicyclic) bond motifs is 1. The summed E-state index contributed by atoms with van der Waals surface area (Å²) in [6.07, 6.45) is 1.01. The highest BCUT2D eigenvalue weighted by molar-refractivity contribution is 6.31. The lowest BCUT2D eigenvalue weighted by Crippen LogP contribution is -2.28. The molecule has 0 radical (unpaired) electrons. The summed E-state index contributed by atoms with van der Waals surface area (Å²) in [5, 5.41) is 4.29. The van der Waals surface area contributed by atoms with Gasteiger partial charge in [-0.1, -0.05) is 41.9 Å². The molecule has 2 aromatic rings. The maximum absolute atomic E-state index is 6.30. The van der Waals surface area contributed by atoms with E-state index in [-0.39, 0.29) is 6.04 Å². The van der Waals surface area contributed by atoms with E-state index in [1.165, 1.54) is 11.1 Å². The molecule has 21 heavy (non-hydrogen) atoms. The molecule has 3 heteroatoms. The molecule has 0 bridgehead atoms. The Morgan fingerprint density at radius 3 is 2.81 bits per heavy atom. The SMILES string of the molecule is CNC(c1ccc(C)c(Cl)c1)C1CCOc2ccccc21. The predicted octanol–water partition coefficient (Wildman–Crippen LogP) is 4.48. The summed E-state index contributed by atoms with van der Waals surface area (Å²) < 4.78 is 5.77. The second-order valence-corrected chi connectivity index (χ2v) is 5.96. The van der Waals surface area contributed by atoms with Crippen molar-refractivity contribution in [3.8, 4) is 5.75 Å². The van der Waals surface area contributed by atoms with Crippen LogP contribution in [0.25, 0.3) is 0 Å². The number of hydrogen-bond donors (Lipinski definition) is 1. The van der Waals surface area contributed by atoms with Gasteiger partial charge in [0.25, 0.3) is 0 Å². The first-order valence-corrected chi connectivity index (χ1v) is 7.73. The number of aryl methyl sites for hydroxylation is 1. The van der Waals surface area contributed by atoms with Crippen LogP contribution in [-0.4, -0.2) is 13.7 Å². The fraction of sp³-hybridized carbons (Fsp3) is 0.333. The minimum absolute atomic E-state index is 0.244. The van der Waals surface area contributed by atoms with Gasteiger partial charge >= 0.3 is 0 Å². The van der Waals surface area contributed by atoms with Gasteiger partial charge in [-0.15, -0.1) is 0 Å². The van der Waals surface area contributed by atoms with Gasteiger partial charge in [-0.3, -0.25) is 0 Å². The molecule has 1 heterocycles. The summed E-state index contributed by atoms with van der Waals surface area (Å²) in [6.45, 7) is 2.80. The van der Waals surface area contributed by atoms with Crippen LogP contribution in [0.4, 0.5) is 0 Å². The lowest BCUT2D eigenvalue weighted by Gasteiger charge is -2.32.